The van der Waals surface area contributed by atoms with Gasteiger partial charge in [0.25, 0.3) is 0 Å². The summed E-state index contributed by atoms with van der Waals surface area (Å²) in [5, 5.41) is 0. The minimum atomic E-state index is -0.467. The number of carbonyl (C=O) groups is 1. The van der Waals surface area contributed by atoms with E-state index in [-0.39, 0.29) is 13.2 Å². The van der Waals surface area contributed by atoms with Crippen LogP contribution in [0, 0.1) is 0 Å². The van der Waals surface area contributed by atoms with Crippen LogP contribution in [-0.4, -0.2) is 31.0 Å². The third kappa shape index (κ3) is 23.2. The quantitative estimate of drug-likeness (QED) is 0.115. The topological polar surface area (TPSA) is 55.7 Å². The Labute approximate surface area is 153 Å². The summed E-state index contributed by atoms with van der Waals surface area (Å²) < 4.78 is 4.59. The molecule has 0 unspecified atom stereocenters. The van der Waals surface area contributed by atoms with Gasteiger partial charge >= 0.3 is 5.97 Å². The lowest BCUT2D eigenvalue weighted by Gasteiger charge is -2.00. The van der Waals surface area contributed by atoms with Gasteiger partial charge in [-0.05, 0) is 19.1 Å². The van der Waals surface area contributed by atoms with Crippen LogP contribution in [0.3, 0.4) is 0 Å². The maximum absolute atomic E-state index is 10.6. The van der Waals surface area contributed by atoms with Crippen molar-refractivity contribution in [2.45, 2.75) is 78.1 Å². The van der Waals surface area contributed by atoms with Gasteiger partial charge in [0.05, 0.1) is 6.54 Å². The van der Waals surface area contributed by atoms with Gasteiger partial charge < -0.3 is 4.74 Å². The Hall–Kier alpha value is -1.06. The molecular formula is C19H35NO3S. The molecule has 0 aromatic heterocycles. The average molecular weight is 358 g/mol. The van der Waals surface area contributed by atoms with Crippen molar-refractivity contribution in [3.8, 4) is 0 Å². The van der Waals surface area contributed by atoms with Crippen LogP contribution in [0.4, 0.5) is 0 Å². The maximum atomic E-state index is 10.6. The van der Waals surface area contributed by atoms with E-state index in [4.69, 9.17) is 0 Å². The second-order valence-electron chi connectivity index (χ2n) is 5.79. The minimum Gasteiger partial charge on any atom is -0.460 e. The lowest BCUT2D eigenvalue weighted by atomic mass is 10.1. The molecule has 0 rings (SSSR count). The van der Waals surface area contributed by atoms with E-state index in [0.29, 0.717) is 5.57 Å². The van der Waals surface area contributed by atoms with E-state index in [1.165, 1.54) is 70.3 Å². The number of ether oxygens (including phenoxy) is 1. The largest absolute Gasteiger partial charge is 0.460 e. The number of hydrogen-bond donors (Lipinski definition) is 1. The number of carbonyl (C=O) groups excluding carboxylic acids is 2. The predicted molar refractivity (Wildman–Crippen MR) is 104 cm³/mol. The fourth-order valence-corrected chi connectivity index (χ4v) is 2.18. The third-order valence-corrected chi connectivity index (χ3v) is 3.68. The molecule has 0 aromatic rings. The second kappa shape index (κ2) is 21.9. The summed E-state index contributed by atoms with van der Waals surface area (Å²) in [6.07, 6.45) is 15.5. The molecule has 0 aliphatic heterocycles. The van der Waals surface area contributed by atoms with Crippen molar-refractivity contribution in [1.29, 1.82) is 0 Å². The van der Waals surface area contributed by atoms with Gasteiger partial charge in [-0.1, -0.05) is 71.3 Å². The van der Waals surface area contributed by atoms with E-state index >= 15 is 0 Å². The van der Waals surface area contributed by atoms with Gasteiger partial charge in [0.15, 0.2) is 0 Å². The molecule has 0 saturated heterocycles. The normalized spacial score (nSPS) is 9.46. The molecule has 4 nitrogen and oxygen atoms in total. The van der Waals surface area contributed by atoms with Crippen LogP contribution < -0.4 is 0 Å². The van der Waals surface area contributed by atoms with E-state index in [2.05, 4.69) is 35.9 Å². The highest BCUT2D eigenvalue weighted by atomic mass is 32.1. The summed E-state index contributed by atoms with van der Waals surface area (Å²) in [6.45, 7) is 7.45. The van der Waals surface area contributed by atoms with Crippen LogP contribution in [0.5, 0.6) is 0 Å². The molecule has 0 saturated carbocycles. The van der Waals surface area contributed by atoms with Crippen molar-refractivity contribution in [3.05, 3.63) is 12.2 Å². The molecule has 0 aromatic carbocycles. The van der Waals surface area contributed by atoms with Crippen molar-refractivity contribution >= 4 is 24.7 Å². The van der Waals surface area contributed by atoms with Gasteiger partial charge in [-0.2, -0.15) is 12.6 Å². The molecule has 0 aliphatic rings. The first-order chi connectivity index (χ1) is 11.6. The summed E-state index contributed by atoms with van der Waals surface area (Å²) in [5.74, 6) is 0.599. The molecule has 0 heterocycles. The van der Waals surface area contributed by atoms with E-state index in [1.807, 2.05) is 0 Å². The monoisotopic (exact) mass is 357 g/mol. The van der Waals surface area contributed by atoms with E-state index in [9.17, 15) is 9.59 Å². The highest BCUT2D eigenvalue weighted by Gasteiger charge is 2.00. The van der Waals surface area contributed by atoms with Gasteiger partial charge in [-0.25, -0.2) is 14.6 Å². The number of esters is 1. The number of unbranched alkanes of at least 4 members (excludes halogenated alkanes) is 9. The molecule has 5 heteroatoms. The maximum Gasteiger partial charge on any atom is 0.333 e. The van der Waals surface area contributed by atoms with E-state index < -0.39 is 5.97 Å². The highest BCUT2D eigenvalue weighted by Crippen LogP contribution is 2.10. The standard InChI is InChI=1S/C12H26S.C7H9NO3/c1-2-3-4-5-6-7-8-9-10-11-12-13;1-6(2)7(10)11-4-3-8-5-9/h13H,2-12H2,1H3;1,3-4H2,2H3. The fourth-order valence-electron chi connectivity index (χ4n) is 1.95. The molecule has 0 N–H and O–H groups in total. The summed E-state index contributed by atoms with van der Waals surface area (Å²) in [6, 6.07) is 0. The smallest absolute Gasteiger partial charge is 0.333 e. The first kappa shape index (κ1) is 25.2. The van der Waals surface area contributed by atoms with Crippen molar-refractivity contribution in [2.24, 2.45) is 4.99 Å². The van der Waals surface area contributed by atoms with Gasteiger partial charge in [0, 0.05) is 5.57 Å². The zero-order chi connectivity index (χ0) is 18.5. The van der Waals surface area contributed by atoms with Crippen LogP contribution in [0.1, 0.15) is 78.1 Å². The van der Waals surface area contributed by atoms with Crippen LogP contribution in [0.15, 0.2) is 17.1 Å². The summed E-state index contributed by atoms with van der Waals surface area (Å²) >= 11 is 4.20. The Morgan fingerprint density at radius 2 is 1.54 bits per heavy atom. The molecule has 0 spiro atoms. The molecule has 24 heavy (non-hydrogen) atoms. The second-order valence-corrected chi connectivity index (χ2v) is 6.24. The average Bonchev–Trinajstić information content (AvgIpc) is 2.57. The van der Waals surface area contributed by atoms with Gasteiger partial charge in [-0.3, -0.25) is 0 Å². The Bertz CT molecular complexity index is 343. The zero-order valence-corrected chi connectivity index (χ0v) is 16.4. The lowest BCUT2D eigenvalue weighted by molar-refractivity contribution is -0.138. The molecule has 140 valence electrons. The molecular weight excluding hydrogens is 322 g/mol. The Balaban J connectivity index is 0. The van der Waals surface area contributed by atoms with Gasteiger partial charge in [0.1, 0.15) is 6.61 Å². The minimum absolute atomic E-state index is 0.0981. The zero-order valence-electron chi connectivity index (χ0n) is 15.5. The molecule has 0 amide bonds. The highest BCUT2D eigenvalue weighted by molar-refractivity contribution is 7.80. The molecule has 0 atom stereocenters. The summed E-state index contributed by atoms with van der Waals surface area (Å²) in [7, 11) is 0. The van der Waals surface area contributed by atoms with Gasteiger partial charge in [0.2, 0.25) is 6.08 Å². The Morgan fingerprint density at radius 1 is 1.04 bits per heavy atom. The van der Waals surface area contributed by atoms with Crippen LogP contribution in [0.2, 0.25) is 0 Å². The van der Waals surface area contributed by atoms with Crippen molar-refractivity contribution < 1.29 is 14.3 Å². The molecule has 0 fully saturated rings. The van der Waals surface area contributed by atoms with E-state index in [0.717, 1.165) is 5.75 Å². The number of nitrogens with zero attached hydrogens (tertiary/aromatic N) is 1. The lowest BCUT2D eigenvalue weighted by Crippen LogP contribution is -2.07. The number of aliphatic imine (C=N–C) groups is 1. The van der Waals surface area contributed by atoms with E-state index in [1.54, 1.807) is 6.92 Å². The Kier molecular flexibility index (Phi) is 23.0. The first-order valence-corrected chi connectivity index (χ1v) is 9.70. The number of thiol groups is 1. The molecule has 0 bridgehead atoms. The van der Waals surface area contributed by atoms with Crippen LogP contribution in [0.25, 0.3) is 0 Å². The number of rotatable bonds is 14. The first-order valence-electron chi connectivity index (χ1n) is 9.07. The summed E-state index contributed by atoms with van der Waals surface area (Å²) in [4.78, 5) is 23.4. The molecule has 0 radical (unpaired) electrons. The fraction of sp³-hybridized carbons (Fsp3) is 0.789. The third-order valence-electron chi connectivity index (χ3n) is 3.36. The van der Waals surface area contributed by atoms with Crippen molar-refractivity contribution in [2.75, 3.05) is 18.9 Å². The van der Waals surface area contributed by atoms with Crippen molar-refractivity contribution in [1.82, 2.24) is 0 Å². The van der Waals surface area contributed by atoms with Gasteiger partial charge in [-0.15, -0.1) is 0 Å². The van der Waals surface area contributed by atoms with Crippen LogP contribution >= 0.6 is 12.6 Å². The van der Waals surface area contributed by atoms with Crippen molar-refractivity contribution in [3.63, 3.8) is 0 Å². The van der Waals surface area contributed by atoms with Crippen LogP contribution in [-0.2, 0) is 14.3 Å². The SMILES string of the molecule is C=C(C)C(=O)OCCN=C=O.CCCCCCCCCCCCS. The number of isocyanates is 1. The predicted octanol–water partition coefficient (Wildman–Crippen LogP) is 5.28. The Morgan fingerprint density at radius 3 is 1.96 bits per heavy atom. The number of hydrogen-bond acceptors (Lipinski definition) is 5. The molecule has 0 aliphatic carbocycles. The summed E-state index contributed by atoms with van der Waals surface area (Å²) in [5.41, 5.74) is 0.333.